The fourth-order valence-electron chi connectivity index (χ4n) is 2.83. The molecule has 1 amide bonds. The van der Waals surface area contributed by atoms with Crippen molar-refractivity contribution in [1.82, 2.24) is 10.6 Å². The SMILES string of the molecule is CCC1(C(=O)NCc2ccccc2COC)CCCN1. The van der Waals surface area contributed by atoms with E-state index in [2.05, 4.69) is 17.6 Å². The van der Waals surface area contributed by atoms with Crippen molar-refractivity contribution in [3.63, 3.8) is 0 Å². The summed E-state index contributed by atoms with van der Waals surface area (Å²) in [7, 11) is 1.68. The fourth-order valence-corrected chi connectivity index (χ4v) is 2.83. The molecular weight excluding hydrogens is 252 g/mol. The monoisotopic (exact) mass is 276 g/mol. The first-order valence-corrected chi connectivity index (χ1v) is 7.31. The fraction of sp³-hybridized carbons (Fsp3) is 0.562. The smallest absolute Gasteiger partial charge is 0.240 e. The molecule has 1 aromatic rings. The van der Waals surface area contributed by atoms with Crippen LogP contribution >= 0.6 is 0 Å². The van der Waals surface area contributed by atoms with Crippen LogP contribution in [0.25, 0.3) is 0 Å². The number of ether oxygens (including phenoxy) is 1. The standard InChI is InChI=1S/C16H24N2O2/c1-3-16(9-6-10-18-16)15(19)17-11-13-7-4-5-8-14(13)12-20-2/h4-5,7-8,18H,3,6,9-12H2,1-2H3,(H,17,19). The lowest BCUT2D eigenvalue weighted by molar-refractivity contribution is -0.127. The highest BCUT2D eigenvalue weighted by Gasteiger charge is 2.38. The Morgan fingerprint density at radius 1 is 1.40 bits per heavy atom. The molecule has 2 N–H and O–H groups in total. The Balaban J connectivity index is 1.99. The molecule has 4 heteroatoms. The van der Waals surface area contributed by atoms with Crippen LogP contribution in [0.2, 0.25) is 0 Å². The predicted octanol–water partition coefficient (Wildman–Crippen LogP) is 1.98. The van der Waals surface area contributed by atoms with Crippen molar-refractivity contribution in [1.29, 1.82) is 0 Å². The van der Waals surface area contributed by atoms with Gasteiger partial charge in [-0.25, -0.2) is 0 Å². The third kappa shape index (κ3) is 3.19. The van der Waals surface area contributed by atoms with Crippen LogP contribution in [0.5, 0.6) is 0 Å². The average Bonchev–Trinajstić information content (AvgIpc) is 2.96. The molecule has 1 saturated heterocycles. The van der Waals surface area contributed by atoms with Gasteiger partial charge < -0.3 is 15.4 Å². The van der Waals surface area contributed by atoms with E-state index >= 15 is 0 Å². The van der Waals surface area contributed by atoms with Crippen LogP contribution in [-0.4, -0.2) is 25.1 Å². The van der Waals surface area contributed by atoms with Crippen molar-refractivity contribution in [2.45, 2.75) is 44.9 Å². The number of rotatable bonds is 6. The average molecular weight is 276 g/mol. The normalized spacial score (nSPS) is 21.9. The molecule has 1 aliphatic rings. The second-order valence-corrected chi connectivity index (χ2v) is 5.35. The number of carbonyl (C=O) groups is 1. The zero-order chi connectivity index (χ0) is 14.4. The van der Waals surface area contributed by atoms with Crippen LogP contribution in [0.4, 0.5) is 0 Å². The summed E-state index contributed by atoms with van der Waals surface area (Å²) in [5.74, 6) is 0.115. The van der Waals surface area contributed by atoms with Gasteiger partial charge in [0, 0.05) is 13.7 Å². The van der Waals surface area contributed by atoms with E-state index in [0.717, 1.165) is 36.9 Å². The zero-order valence-electron chi connectivity index (χ0n) is 12.4. The largest absolute Gasteiger partial charge is 0.380 e. The van der Waals surface area contributed by atoms with E-state index in [1.807, 2.05) is 24.3 Å². The van der Waals surface area contributed by atoms with Crippen LogP contribution in [-0.2, 0) is 22.7 Å². The van der Waals surface area contributed by atoms with E-state index in [4.69, 9.17) is 4.74 Å². The van der Waals surface area contributed by atoms with Crippen molar-refractivity contribution >= 4 is 5.91 Å². The van der Waals surface area contributed by atoms with Gasteiger partial charge >= 0.3 is 0 Å². The maximum absolute atomic E-state index is 12.4. The van der Waals surface area contributed by atoms with Gasteiger partial charge in [0.15, 0.2) is 0 Å². The Hall–Kier alpha value is -1.39. The Morgan fingerprint density at radius 2 is 2.15 bits per heavy atom. The molecule has 1 aromatic carbocycles. The van der Waals surface area contributed by atoms with Gasteiger partial charge in [0.05, 0.1) is 12.1 Å². The number of nitrogens with one attached hydrogen (secondary N) is 2. The summed E-state index contributed by atoms with van der Waals surface area (Å²) in [4.78, 5) is 12.4. The van der Waals surface area contributed by atoms with E-state index in [1.54, 1.807) is 7.11 Å². The Bertz CT molecular complexity index is 454. The summed E-state index contributed by atoms with van der Waals surface area (Å²) in [5.41, 5.74) is 1.88. The molecule has 110 valence electrons. The van der Waals surface area contributed by atoms with Crippen molar-refractivity contribution in [2.75, 3.05) is 13.7 Å². The Labute approximate surface area is 120 Å². The summed E-state index contributed by atoms with van der Waals surface area (Å²) in [6, 6.07) is 8.06. The quantitative estimate of drug-likeness (QED) is 0.835. The maximum Gasteiger partial charge on any atom is 0.240 e. The predicted molar refractivity (Wildman–Crippen MR) is 79.3 cm³/mol. The van der Waals surface area contributed by atoms with Crippen molar-refractivity contribution in [2.24, 2.45) is 0 Å². The molecule has 0 saturated carbocycles. The molecule has 4 nitrogen and oxygen atoms in total. The minimum atomic E-state index is -0.365. The van der Waals surface area contributed by atoms with Crippen LogP contribution in [0.3, 0.4) is 0 Å². The number of benzene rings is 1. The van der Waals surface area contributed by atoms with E-state index < -0.39 is 0 Å². The molecule has 1 unspecified atom stereocenters. The van der Waals surface area contributed by atoms with Gasteiger partial charge in [-0.2, -0.15) is 0 Å². The Kier molecular flexibility index (Phi) is 5.15. The number of hydrogen-bond donors (Lipinski definition) is 2. The highest BCUT2D eigenvalue weighted by molar-refractivity contribution is 5.86. The molecule has 0 radical (unpaired) electrons. The van der Waals surface area contributed by atoms with Gasteiger partial charge in [-0.05, 0) is 36.9 Å². The first-order valence-electron chi connectivity index (χ1n) is 7.31. The van der Waals surface area contributed by atoms with Crippen LogP contribution < -0.4 is 10.6 Å². The molecule has 2 rings (SSSR count). The van der Waals surface area contributed by atoms with E-state index in [0.29, 0.717) is 13.2 Å². The van der Waals surface area contributed by atoms with Gasteiger partial charge in [0.2, 0.25) is 5.91 Å². The summed E-state index contributed by atoms with van der Waals surface area (Å²) in [5, 5.41) is 6.43. The third-order valence-electron chi connectivity index (χ3n) is 4.14. The lowest BCUT2D eigenvalue weighted by atomic mass is 9.93. The van der Waals surface area contributed by atoms with Crippen LogP contribution in [0.1, 0.15) is 37.3 Å². The lowest BCUT2D eigenvalue weighted by Crippen LogP contribution is -2.52. The van der Waals surface area contributed by atoms with E-state index in [9.17, 15) is 4.79 Å². The van der Waals surface area contributed by atoms with Crippen molar-refractivity contribution < 1.29 is 9.53 Å². The molecule has 20 heavy (non-hydrogen) atoms. The number of carbonyl (C=O) groups excluding carboxylic acids is 1. The summed E-state index contributed by atoms with van der Waals surface area (Å²) < 4.78 is 5.19. The maximum atomic E-state index is 12.4. The first-order chi connectivity index (χ1) is 9.72. The second-order valence-electron chi connectivity index (χ2n) is 5.35. The third-order valence-corrected chi connectivity index (χ3v) is 4.14. The van der Waals surface area contributed by atoms with Gasteiger partial charge in [-0.3, -0.25) is 4.79 Å². The molecule has 0 spiro atoms. The molecular formula is C16H24N2O2. The number of methoxy groups -OCH3 is 1. The van der Waals surface area contributed by atoms with Crippen molar-refractivity contribution in [3.05, 3.63) is 35.4 Å². The van der Waals surface area contributed by atoms with Gasteiger partial charge in [0.1, 0.15) is 0 Å². The second kappa shape index (κ2) is 6.86. The summed E-state index contributed by atoms with van der Waals surface area (Å²) in [6.07, 6.45) is 2.83. The van der Waals surface area contributed by atoms with Crippen molar-refractivity contribution in [3.8, 4) is 0 Å². The van der Waals surface area contributed by atoms with Gasteiger partial charge in [-0.15, -0.1) is 0 Å². The minimum Gasteiger partial charge on any atom is -0.380 e. The van der Waals surface area contributed by atoms with E-state index in [-0.39, 0.29) is 11.4 Å². The molecule has 0 aromatic heterocycles. The first kappa shape index (κ1) is 15.0. The summed E-state index contributed by atoms with van der Waals surface area (Å²) in [6.45, 7) is 4.13. The molecule has 1 heterocycles. The number of hydrogen-bond acceptors (Lipinski definition) is 3. The molecule has 1 aliphatic heterocycles. The number of amides is 1. The van der Waals surface area contributed by atoms with Crippen LogP contribution in [0.15, 0.2) is 24.3 Å². The van der Waals surface area contributed by atoms with Gasteiger partial charge in [-0.1, -0.05) is 31.2 Å². The summed E-state index contributed by atoms with van der Waals surface area (Å²) >= 11 is 0. The molecule has 0 bridgehead atoms. The van der Waals surface area contributed by atoms with Crippen LogP contribution in [0, 0.1) is 0 Å². The molecule has 0 aliphatic carbocycles. The highest BCUT2D eigenvalue weighted by Crippen LogP contribution is 2.23. The Morgan fingerprint density at radius 3 is 2.75 bits per heavy atom. The molecule has 1 atom stereocenters. The van der Waals surface area contributed by atoms with Gasteiger partial charge in [0.25, 0.3) is 0 Å². The highest BCUT2D eigenvalue weighted by atomic mass is 16.5. The minimum absolute atomic E-state index is 0.115. The molecule has 1 fully saturated rings. The lowest BCUT2D eigenvalue weighted by Gasteiger charge is -2.27. The van der Waals surface area contributed by atoms with E-state index in [1.165, 1.54) is 0 Å². The topological polar surface area (TPSA) is 50.4 Å². The zero-order valence-corrected chi connectivity index (χ0v) is 12.4.